The molecule has 3 rings (SSSR count). The van der Waals surface area contributed by atoms with Crippen molar-refractivity contribution in [3.8, 4) is 0 Å². The van der Waals surface area contributed by atoms with E-state index in [0.29, 0.717) is 16.5 Å². The van der Waals surface area contributed by atoms with Crippen LogP contribution in [-0.4, -0.2) is 62.0 Å². The largest absolute Gasteiger partial charge is 0.368 e. The molecule has 0 amide bonds. The summed E-state index contributed by atoms with van der Waals surface area (Å²) in [5, 5.41) is 0.671. The number of piperazine rings is 1. The quantitative estimate of drug-likeness (QED) is 0.816. The fourth-order valence-electron chi connectivity index (χ4n) is 3.02. The third kappa shape index (κ3) is 2.92. The van der Waals surface area contributed by atoms with Crippen molar-refractivity contribution in [1.29, 1.82) is 0 Å². The minimum absolute atomic E-state index is 0.204. The van der Waals surface area contributed by atoms with Gasteiger partial charge in [0, 0.05) is 44.6 Å². The lowest BCUT2D eigenvalue weighted by atomic mass is 10.2. The highest BCUT2D eigenvalue weighted by Crippen LogP contribution is 2.26. The van der Waals surface area contributed by atoms with E-state index in [1.807, 2.05) is 6.07 Å². The van der Waals surface area contributed by atoms with Gasteiger partial charge in [-0.2, -0.15) is 0 Å². The Balaban J connectivity index is 1.62. The maximum atomic E-state index is 11.6. The standard InChI is InChI=1S/C13H18ClN3O2S/c14-12-9-15-3-1-13(12)17-6-4-16(5-7-17)11-2-8-20(18,19)10-11/h1,3,9,11H,2,4-8,10H2. The Labute approximate surface area is 124 Å². The number of sulfone groups is 1. The molecule has 0 aromatic carbocycles. The first-order valence-electron chi connectivity index (χ1n) is 6.84. The number of hydrogen-bond donors (Lipinski definition) is 0. The minimum Gasteiger partial charge on any atom is -0.368 e. The van der Waals surface area contributed by atoms with Crippen LogP contribution in [0.1, 0.15) is 6.42 Å². The lowest BCUT2D eigenvalue weighted by Gasteiger charge is -2.38. The van der Waals surface area contributed by atoms with Gasteiger partial charge in [-0.05, 0) is 12.5 Å². The number of pyridine rings is 1. The van der Waals surface area contributed by atoms with Gasteiger partial charge in [0.15, 0.2) is 9.84 Å². The molecule has 1 atom stereocenters. The van der Waals surface area contributed by atoms with Crippen LogP contribution in [0, 0.1) is 0 Å². The molecule has 2 fully saturated rings. The first-order valence-corrected chi connectivity index (χ1v) is 9.04. The molecule has 2 saturated heterocycles. The summed E-state index contributed by atoms with van der Waals surface area (Å²) in [6.45, 7) is 3.53. The van der Waals surface area contributed by atoms with Gasteiger partial charge in [-0.15, -0.1) is 0 Å². The number of rotatable bonds is 2. The maximum absolute atomic E-state index is 11.6. The van der Waals surface area contributed by atoms with Crippen molar-refractivity contribution in [2.75, 3.05) is 42.6 Å². The van der Waals surface area contributed by atoms with Crippen LogP contribution in [0.25, 0.3) is 0 Å². The highest BCUT2D eigenvalue weighted by atomic mass is 35.5. The van der Waals surface area contributed by atoms with Crippen LogP contribution >= 0.6 is 11.6 Å². The Hall–Kier alpha value is -0.850. The van der Waals surface area contributed by atoms with E-state index < -0.39 is 9.84 Å². The molecular weight excluding hydrogens is 298 g/mol. The van der Waals surface area contributed by atoms with Crippen LogP contribution in [0.15, 0.2) is 18.5 Å². The highest BCUT2D eigenvalue weighted by Gasteiger charge is 2.33. The topological polar surface area (TPSA) is 53.5 Å². The van der Waals surface area contributed by atoms with Crippen molar-refractivity contribution in [2.45, 2.75) is 12.5 Å². The van der Waals surface area contributed by atoms with Crippen molar-refractivity contribution in [1.82, 2.24) is 9.88 Å². The molecule has 1 aromatic rings. The Morgan fingerprint density at radius 3 is 2.60 bits per heavy atom. The summed E-state index contributed by atoms with van der Waals surface area (Å²) >= 11 is 6.16. The van der Waals surface area contributed by atoms with E-state index >= 15 is 0 Å². The van der Waals surface area contributed by atoms with Gasteiger partial charge < -0.3 is 4.90 Å². The molecule has 0 bridgehead atoms. The molecule has 0 aliphatic carbocycles. The SMILES string of the molecule is O=S1(=O)CCC(N2CCN(c3ccncc3Cl)CC2)C1. The second-order valence-corrected chi connectivity index (χ2v) is 8.04. The van der Waals surface area contributed by atoms with E-state index in [2.05, 4.69) is 14.8 Å². The number of nitrogens with zero attached hydrogens (tertiary/aromatic N) is 3. The van der Waals surface area contributed by atoms with Gasteiger partial charge in [-0.25, -0.2) is 8.42 Å². The Bertz CT molecular complexity index is 585. The zero-order valence-electron chi connectivity index (χ0n) is 11.2. The zero-order valence-corrected chi connectivity index (χ0v) is 12.8. The van der Waals surface area contributed by atoms with E-state index in [0.717, 1.165) is 38.3 Å². The molecule has 0 radical (unpaired) electrons. The van der Waals surface area contributed by atoms with Crippen molar-refractivity contribution in [2.24, 2.45) is 0 Å². The van der Waals surface area contributed by atoms with Crippen LogP contribution in [0.5, 0.6) is 0 Å². The molecule has 2 aliphatic heterocycles. The molecule has 2 aliphatic rings. The van der Waals surface area contributed by atoms with E-state index in [4.69, 9.17) is 11.6 Å². The van der Waals surface area contributed by atoms with Gasteiger partial charge in [0.25, 0.3) is 0 Å². The zero-order chi connectivity index (χ0) is 14.2. The molecule has 20 heavy (non-hydrogen) atoms. The van der Waals surface area contributed by atoms with E-state index in [1.165, 1.54) is 0 Å². The van der Waals surface area contributed by atoms with Crippen molar-refractivity contribution in [3.63, 3.8) is 0 Å². The number of aromatic nitrogens is 1. The summed E-state index contributed by atoms with van der Waals surface area (Å²) in [4.78, 5) is 8.54. The maximum Gasteiger partial charge on any atom is 0.151 e. The molecule has 0 saturated carbocycles. The normalized spacial score (nSPS) is 26.9. The molecule has 5 nitrogen and oxygen atoms in total. The third-order valence-corrected chi connectivity index (χ3v) is 6.17. The first-order chi connectivity index (χ1) is 9.55. The minimum atomic E-state index is -2.80. The Morgan fingerprint density at radius 1 is 1.25 bits per heavy atom. The summed E-state index contributed by atoms with van der Waals surface area (Å²) in [6.07, 6.45) is 4.18. The Morgan fingerprint density at radius 2 is 2.00 bits per heavy atom. The highest BCUT2D eigenvalue weighted by molar-refractivity contribution is 7.91. The van der Waals surface area contributed by atoms with Crippen LogP contribution in [-0.2, 0) is 9.84 Å². The molecule has 3 heterocycles. The number of halogens is 1. The summed E-state index contributed by atoms with van der Waals surface area (Å²) in [7, 11) is -2.80. The van der Waals surface area contributed by atoms with Gasteiger partial charge in [0.05, 0.1) is 22.2 Å². The van der Waals surface area contributed by atoms with Gasteiger partial charge in [0.1, 0.15) is 0 Å². The lowest BCUT2D eigenvalue weighted by Crippen LogP contribution is -2.50. The van der Waals surface area contributed by atoms with Gasteiger partial charge in [-0.3, -0.25) is 9.88 Å². The van der Waals surface area contributed by atoms with Crippen LogP contribution in [0.3, 0.4) is 0 Å². The van der Waals surface area contributed by atoms with Crippen molar-refractivity contribution < 1.29 is 8.42 Å². The van der Waals surface area contributed by atoms with E-state index in [1.54, 1.807) is 12.4 Å². The summed E-state index contributed by atoms with van der Waals surface area (Å²) in [5.74, 6) is 0.664. The average Bonchev–Trinajstić information content (AvgIpc) is 2.80. The molecular formula is C13H18ClN3O2S. The molecule has 7 heteroatoms. The fourth-order valence-corrected chi connectivity index (χ4v) is 5.02. The van der Waals surface area contributed by atoms with Gasteiger partial charge >= 0.3 is 0 Å². The smallest absolute Gasteiger partial charge is 0.151 e. The summed E-state index contributed by atoms with van der Waals surface area (Å²) < 4.78 is 23.1. The predicted octanol–water partition coefficient (Wildman–Crippen LogP) is 1.04. The van der Waals surface area contributed by atoms with Crippen LogP contribution in [0.4, 0.5) is 5.69 Å². The van der Waals surface area contributed by atoms with Crippen LogP contribution < -0.4 is 4.90 Å². The predicted molar refractivity (Wildman–Crippen MR) is 80.1 cm³/mol. The van der Waals surface area contributed by atoms with Crippen molar-refractivity contribution >= 4 is 27.1 Å². The van der Waals surface area contributed by atoms with Gasteiger partial charge in [0.2, 0.25) is 0 Å². The van der Waals surface area contributed by atoms with Gasteiger partial charge in [-0.1, -0.05) is 11.6 Å². The third-order valence-electron chi connectivity index (χ3n) is 4.13. The number of hydrogen-bond acceptors (Lipinski definition) is 5. The monoisotopic (exact) mass is 315 g/mol. The molecule has 1 unspecified atom stereocenters. The second-order valence-electron chi connectivity index (χ2n) is 5.41. The fraction of sp³-hybridized carbons (Fsp3) is 0.615. The average molecular weight is 316 g/mol. The molecule has 0 spiro atoms. The molecule has 1 aromatic heterocycles. The molecule has 0 N–H and O–H groups in total. The number of anilines is 1. The van der Waals surface area contributed by atoms with E-state index in [9.17, 15) is 8.42 Å². The van der Waals surface area contributed by atoms with Crippen LogP contribution in [0.2, 0.25) is 5.02 Å². The van der Waals surface area contributed by atoms with Crippen molar-refractivity contribution in [3.05, 3.63) is 23.5 Å². The summed E-state index contributed by atoms with van der Waals surface area (Å²) in [6, 6.07) is 2.13. The van der Waals surface area contributed by atoms with E-state index in [-0.39, 0.29) is 6.04 Å². The lowest BCUT2D eigenvalue weighted by molar-refractivity contribution is 0.200. The first kappa shape index (κ1) is 14.1. The second kappa shape index (κ2) is 5.50. The molecule has 110 valence electrons. The Kier molecular flexibility index (Phi) is 3.88. The summed E-state index contributed by atoms with van der Waals surface area (Å²) in [5.41, 5.74) is 1.01.